The first kappa shape index (κ1) is 20.0. The van der Waals surface area contributed by atoms with Gasteiger partial charge in [0.25, 0.3) is 0 Å². The average Bonchev–Trinajstić information content (AvgIpc) is 3.13. The summed E-state index contributed by atoms with van der Waals surface area (Å²) in [5, 5.41) is 6.40. The second kappa shape index (κ2) is 9.98. The van der Waals surface area contributed by atoms with Crippen molar-refractivity contribution < 1.29 is 17.6 Å². The zero-order valence-corrected chi connectivity index (χ0v) is 15.9. The minimum absolute atomic E-state index is 0.318. The lowest BCUT2D eigenvalue weighted by molar-refractivity contribution is 0.105. The van der Waals surface area contributed by atoms with Gasteiger partial charge in [0.15, 0.2) is 15.8 Å². The number of nitrogens with zero attached hydrogens (tertiary/aromatic N) is 1. The van der Waals surface area contributed by atoms with E-state index in [1.807, 2.05) is 12.1 Å². The molecule has 0 bridgehead atoms. The van der Waals surface area contributed by atoms with Crippen molar-refractivity contribution in [1.82, 2.24) is 10.6 Å². The van der Waals surface area contributed by atoms with Gasteiger partial charge in [-0.25, -0.2) is 8.42 Å². The molecule has 1 heterocycles. The van der Waals surface area contributed by atoms with Gasteiger partial charge in [0, 0.05) is 33.0 Å². The summed E-state index contributed by atoms with van der Waals surface area (Å²) in [5.41, 5.74) is 0.974. The van der Waals surface area contributed by atoms with Crippen LogP contribution in [0.5, 0.6) is 0 Å². The fourth-order valence-electron chi connectivity index (χ4n) is 2.21. The quantitative estimate of drug-likeness (QED) is 0.393. The number of ether oxygens (including phenoxy) is 1. The molecule has 1 aromatic carbocycles. The first-order valence-corrected chi connectivity index (χ1v) is 10.2. The molecule has 26 heavy (non-hydrogen) atoms. The summed E-state index contributed by atoms with van der Waals surface area (Å²) in [6.45, 7) is 2.38. The fraction of sp³-hybridized carbons (Fsp3) is 0.389. The predicted octanol–water partition coefficient (Wildman–Crippen LogP) is 1.95. The van der Waals surface area contributed by atoms with E-state index in [1.54, 1.807) is 37.6 Å². The third-order valence-corrected chi connectivity index (χ3v) is 4.75. The largest absolute Gasteiger partial charge is 0.467 e. The number of benzene rings is 1. The van der Waals surface area contributed by atoms with E-state index in [9.17, 15) is 8.42 Å². The second-order valence-electron chi connectivity index (χ2n) is 5.75. The molecule has 0 aliphatic heterocycles. The fourth-order valence-corrected chi connectivity index (χ4v) is 2.84. The van der Waals surface area contributed by atoms with Crippen molar-refractivity contribution in [3.8, 4) is 0 Å². The van der Waals surface area contributed by atoms with Crippen LogP contribution in [0, 0.1) is 0 Å². The molecule has 0 saturated heterocycles. The van der Waals surface area contributed by atoms with E-state index in [2.05, 4.69) is 15.6 Å². The Hall–Kier alpha value is -2.32. The highest BCUT2D eigenvalue weighted by molar-refractivity contribution is 7.90. The molecule has 2 aromatic rings. The minimum Gasteiger partial charge on any atom is -0.467 e. The van der Waals surface area contributed by atoms with Crippen LogP contribution >= 0.6 is 0 Å². The van der Waals surface area contributed by atoms with Crippen LogP contribution in [-0.4, -0.2) is 40.8 Å². The van der Waals surface area contributed by atoms with Gasteiger partial charge >= 0.3 is 0 Å². The van der Waals surface area contributed by atoms with Crippen molar-refractivity contribution in [3.63, 3.8) is 0 Å². The van der Waals surface area contributed by atoms with Gasteiger partial charge in [-0.05, 0) is 36.2 Å². The molecule has 0 spiro atoms. The Balaban J connectivity index is 1.64. The average molecular weight is 379 g/mol. The van der Waals surface area contributed by atoms with E-state index in [0.29, 0.717) is 30.6 Å². The van der Waals surface area contributed by atoms with Crippen molar-refractivity contribution in [2.45, 2.75) is 24.5 Å². The molecule has 2 rings (SSSR count). The van der Waals surface area contributed by atoms with Gasteiger partial charge < -0.3 is 19.8 Å². The molecular weight excluding hydrogens is 354 g/mol. The summed E-state index contributed by atoms with van der Waals surface area (Å²) < 4.78 is 33.6. The number of hydrogen-bond acceptors (Lipinski definition) is 5. The molecule has 7 nitrogen and oxygen atoms in total. The summed E-state index contributed by atoms with van der Waals surface area (Å²) in [7, 11) is -1.46. The lowest BCUT2D eigenvalue weighted by Crippen LogP contribution is -2.37. The molecule has 142 valence electrons. The van der Waals surface area contributed by atoms with E-state index in [0.717, 1.165) is 24.3 Å². The summed E-state index contributed by atoms with van der Waals surface area (Å²) in [4.78, 5) is 4.48. The van der Waals surface area contributed by atoms with Crippen LogP contribution in [0.25, 0.3) is 0 Å². The summed E-state index contributed by atoms with van der Waals surface area (Å²) >= 11 is 0. The molecule has 0 amide bonds. The Labute approximate surface area is 154 Å². The van der Waals surface area contributed by atoms with Crippen molar-refractivity contribution in [3.05, 3.63) is 54.0 Å². The standard InChI is InChI=1S/C18H25N3O4S/c1-19-18(20-10-4-11-24-14-16-5-3-12-25-16)21-13-15-6-8-17(9-7-15)26(2,22)23/h3,5-9,12H,4,10-11,13-14H2,1-2H3,(H2,19,20,21). The van der Waals surface area contributed by atoms with Gasteiger partial charge in [-0.3, -0.25) is 4.99 Å². The van der Waals surface area contributed by atoms with E-state index >= 15 is 0 Å². The molecule has 0 radical (unpaired) electrons. The highest BCUT2D eigenvalue weighted by Crippen LogP contribution is 2.10. The Morgan fingerprint density at radius 1 is 1.19 bits per heavy atom. The van der Waals surface area contributed by atoms with Crippen LogP contribution in [0.3, 0.4) is 0 Å². The minimum atomic E-state index is -3.16. The van der Waals surface area contributed by atoms with Crippen LogP contribution in [0.1, 0.15) is 17.7 Å². The van der Waals surface area contributed by atoms with Gasteiger partial charge in [0.05, 0.1) is 11.2 Å². The van der Waals surface area contributed by atoms with Gasteiger partial charge in [-0.1, -0.05) is 12.1 Å². The molecule has 1 aromatic heterocycles. The number of guanidine groups is 1. The van der Waals surface area contributed by atoms with E-state index in [1.165, 1.54) is 6.26 Å². The molecule has 0 saturated carbocycles. The highest BCUT2D eigenvalue weighted by atomic mass is 32.2. The number of sulfone groups is 1. The predicted molar refractivity (Wildman–Crippen MR) is 101 cm³/mol. The Morgan fingerprint density at radius 2 is 1.96 bits per heavy atom. The molecular formula is C18H25N3O4S. The lowest BCUT2D eigenvalue weighted by atomic mass is 10.2. The van der Waals surface area contributed by atoms with Gasteiger partial charge in [0.1, 0.15) is 12.4 Å². The Morgan fingerprint density at radius 3 is 2.58 bits per heavy atom. The zero-order valence-electron chi connectivity index (χ0n) is 15.1. The molecule has 8 heteroatoms. The zero-order chi connectivity index (χ0) is 18.8. The van der Waals surface area contributed by atoms with Gasteiger partial charge in [-0.15, -0.1) is 0 Å². The van der Waals surface area contributed by atoms with Crippen LogP contribution in [0.2, 0.25) is 0 Å². The van der Waals surface area contributed by atoms with Crippen molar-refractivity contribution >= 4 is 15.8 Å². The maximum Gasteiger partial charge on any atom is 0.191 e. The first-order chi connectivity index (χ1) is 12.5. The third kappa shape index (κ3) is 6.89. The molecule has 0 fully saturated rings. The second-order valence-corrected chi connectivity index (χ2v) is 7.77. The summed E-state index contributed by atoms with van der Waals surface area (Å²) in [6.07, 6.45) is 3.67. The van der Waals surface area contributed by atoms with E-state index in [4.69, 9.17) is 9.15 Å². The van der Waals surface area contributed by atoms with Crippen molar-refractivity contribution in [2.75, 3.05) is 26.5 Å². The van der Waals surface area contributed by atoms with Crippen molar-refractivity contribution in [2.24, 2.45) is 4.99 Å². The van der Waals surface area contributed by atoms with Crippen molar-refractivity contribution in [1.29, 1.82) is 0 Å². The SMILES string of the molecule is CN=C(NCCCOCc1ccco1)NCc1ccc(S(C)(=O)=O)cc1. The van der Waals surface area contributed by atoms with Gasteiger partial charge in [-0.2, -0.15) is 0 Å². The maximum atomic E-state index is 11.5. The number of hydrogen-bond donors (Lipinski definition) is 2. The topological polar surface area (TPSA) is 92.9 Å². The molecule has 0 unspecified atom stereocenters. The van der Waals surface area contributed by atoms with Crippen LogP contribution < -0.4 is 10.6 Å². The van der Waals surface area contributed by atoms with Gasteiger partial charge in [0.2, 0.25) is 0 Å². The van der Waals surface area contributed by atoms with E-state index in [-0.39, 0.29) is 0 Å². The number of aliphatic imine (C=N–C) groups is 1. The Bertz CT molecular complexity index is 784. The molecule has 0 aliphatic rings. The monoisotopic (exact) mass is 379 g/mol. The lowest BCUT2D eigenvalue weighted by Gasteiger charge is -2.12. The summed E-state index contributed by atoms with van der Waals surface area (Å²) in [6, 6.07) is 10.5. The third-order valence-electron chi connectivity index (χ3n) is 3.62. The molecule has 2 N–H and O–H groups in total. The van der Waals surface area contributed by atoms with E-state index < -0.39 is 9.84 Å². The first-order valence-electron chi connectivity index (χ1n) is 8.32. The van der Waals surface area contributed by atoms with Crippen LogP contribution in [-0.2, 0) is 27.7 Å². The normalized spacial score (nSPS) is 12.2. The van der Waals surface area contributed by atoms with Crippen LogP contribution in [0.15, 0.2) is 57.0 Å². The highest BCUT2D eigenvalue weighted by Gasteiger charge is 2.06. The number of rotatable bonds is 9. The number of furan rings is 1. The number of nitrogens with one attached hydrogen (secondary N) is 2. The maximum absolute atomic E-state index is 11.5. The molecule has 0 aliphatic carbocycles. The summed E-state index contributed by atoms with van der Waals surface area (Å²) in [5.74, 6) is 1.50. The molecule has 0 atom stereocenters. The van der Waals surface area contributed by atoms with Crippen LogP contribution in [0.4, 0.5) is 0 Å². The Kier molecular flexibility index (Phi) is 7.68. The smallest absolute Gasteiger partial charge is 0.191 e.